The Labute approximate surface area is 206 Å². The highest BCUT2D eigenvalue weighted by Gasteiger charge is 2.32. The molecule has 1 aromatic rings. The molecule has 0 saturated carbocycles. The maximum absolute atomic E-state index is 12.5. The summed E-state index contributed by atoms with van der Waals surface area (Å²) in [5, 5.41) is 6.55. The van der Waals surface area contributed by atoms with Crippen LogP contribution < -0.4 is 10.6 Å². The zero-order chi connectivity index (χ0) is 22.9. The lowest BCUT2D eigenvalue weighted by Gasteiger charge is -2.32. The monoisotopic (exact) mass is 569 g/mol. The molecule has 0 unspecified atom stereocenters. The van der Waals surface area contributed by atoms with E-state index in [1.165, 1.54) is 4.90 Å². The number of hydrogen-bond acceptors (Lipinski definition) is 3. The van der Waals surface area contributed by atoms with E-state index in [9.17, 15) is 18.0 Å². The first-order chi connectivity index (χ1) is 14.7. The topological polar surface area (TPSA) is 60.0 Å². The molecule has 1 saturated heterocycles. The molecular formula is C22H35F3IN5O. The van der Waals surface area contributed by atoms with Crippen LogP contribution in [0.4, 0.5) is 13.2 Å². The van der Waals surface area contributed by atoms with Gasteiger partial charge in [-0.1, -0.05) is 12.1 Å². The summed E-state index contributed by atoms with van der Waals surface area (Å²) in [7, 11) is 5.18. The lowest BCUT2D eigenvalue weighted by molar-refractivity contribution is -0.148. The molecule has 0 bridgehead atoms. The minimum atomic E-state index is -4.12. The molecule has 2 rings (SSSR count). The normalized spacial score (nSPS) is 15.8. The molecule has 0 atom stereocenters. The van der Waals surface area contributed by atoms with Crippen molar-refractivity contribution in [3.05, 3.63) is 35.4 Å². The van der Waals surface area contributed by atoms with Crippen LogP contribution in [-0.2, 0) is 6.42 Å². The summed E-state index contributed by atoms with van der Waals surface area (Å²) in [5.41, 5.74) is 1.74. The van der Waals surface area contributed by atoms with Crippen LogP contribution in [0.15, 0.2) is 29.3 Å². The lowest BCUT2D eigenvalue weighted by atomic mass is 9.93. The first-order valence-electron chi connectivity index (χ1n) is 10.7. The molecule has 2 N–H and O–H groups in total. The molecular weight excluding hydrogens is 534 g/mol. The number of nitrogens with zero attached hydrogens (tertiary/aromatic N) is 3. The van der Waals surface area contributed by atoms with Gasteiger partial charge in [-0.15, -0.1) is 24.0 Å². The van der Waals surface area contributed by atoms with Crippen LogP contribution >= 0.6 is 24.0 Å². The van der Waals surface area contributed by atoms with Crippen LogP contribution in [0.1, 0.15) is 35.2 Å². The first-order valence-corrected chi connectivity index (χ1v) is 10.7. The molecule has 10 heteroatoms. The third-order valence-electron chi connectivity index (χ3n) is 5.46. The summed E-state index contributed by atoms with van der Waals surface area (Å²) in [6, 6.07) is 7.60. The molecule has 0 aromatic heterocycles. The standard InChI is InChI=1S/C22H34F3N5O.HI/c1-26-21(27-11-7-17-9-13-30(14-10-17)16-22(23,24)25)28-12-8-18-5-4-6-19(15-18)20(31)29(2)3;/h4-6,15,17H,7-14,16H2,1-3H3,(H2,26,27,28);1H. The Kier molecular flexibility index (Phi) is 12.3. The quantitative estimate of drug-likeness (QED) is 0.287. The third-order valence-corrected chi connectivity index (χ3v) is 5.46. The molecule has 0 aliphatic carbocycles. The van der Waals surface area contributed by atoms with Crippen molar-refractivity contribution < 1.29 is 18.0 Å². The number of aliphatic imine (C=N–C) groups is 1. The average molecular weight is 569 g/mol. The van der Waals surface area contributed by atoms with Crippen molar-refractivity contribution >= 4 is 35.8 Å². The summed E-state index contributed by atoms with van der Waals surface area (Å²) in [6.07, 6.45) is -0.852. The summed E-state index contributed by atoms with van der Waals surface area (Å²) in [4.78, 5) is 19.4. The van der Waals surface area contributed by atoms with Gasteiger partial charge in [0.2, 0.25) is 0 Å². The van der Waals surface area contributed by atoms with Crippen molar-refractivity contribution in [3.8, 4) is 0 Å². The lowest BCUT2D eigenvalue weighted by Crippen LogP contribution is -2.42. The van der Waals surface area contributed by atoms with Gasteiger partial charge in [-0.3, -0.25) is 14.7 Å². The molecule has 182 valence electrons. The van der Waals surface area contributed by atoms with Crippen molar-refractivity contribution in [2.45, 2.75) is 31.9 Å². The fourth-order valence-corrected chi connectivity index (χ4v) is 3.75. The van der Waals surface area contributed by atoms with Crippen LogP contribution in [0.5, 0.6) is 0 Å². The van der Waals surface area contributed by atoms with Gasteiger partial charge in [-0.05, 0) is 62.4 Å². The van der Waals surface area contributed by atoms with Gasteiger partial charge in [0.15, 0.2) is 5.96 Å². The van der Waals surface area contributed by atoms with Crippen LogP contribution in [-0.4, -0.2) is 81.7 Å². The number of piperidine rings is 1. The minimum absolute atomic E-state index is 0. The summed E-state index contributed by atoms with van der Waals surface area (Å²) >= 11 is 0. The predicted molar refractivity (Wildman–Crippen MR) is 133 cm³/mol. The number of amides is 1. The van der Waals surface area contributed by atoms with Crippen LogP contribution in [0.25, 0.3) is 0 Å². The molecule has 1 fully saturated rings. The maximum atomic E-state index is 12.5. The molecule has 1 aromatic carbocycles. The molecule has 1 aliphatic heterocycles. The Morgan fingerprint density at radius 2 is 1.84 bits per heavy atom. The first kappa shape index (κ1) is 28.5. The van der Waals surface area contributed by atoms with Crippen molar-refractivity contribution in [2.75, 3.05) is 53.9 Å². The zero-order valence-electron chi connectivity index (χ0n) is 19.0. The predicted octanol–water partition coefficient (Wildman–Crippen LogP) is 3.38. The Hall–Kier alpha value is -1.56. The second-order valence-electron chi connectivity index (χ2n) is 8.20. The highest BCUT2D eigenvalue weighted by atomic mass is 127. The van der Waals surface area contributed by atoms with E-state index in [0.29, 0.717) is 37.1 Å². The highest BCUT2D eigenvalue weighted by Crippen LogP contribution is 2.23. The van der Waals surface area contributed by atoms with E-state index in [2.05, 4.69) is 15.6 Å². The van der Waals surface area contributed by atoms with Gasteiger partial charge in [0.05, 0.1) is 6.54 Å². The fourth-order valence-electron chi connectivity index (χ4n) is 3.75. The molecule has 6 nitrogen and oxygen atoms in total. The van der Waals surface area contributed by atoms with E-state index in [0.717, 1.165) is 37.8 Å². The van der Waals surface area contributed by atoms with Gasteiger partial charge >= 0.3 is 6.18 Å². The van der Waals surface area contributed by atoms with Gasteiger partial charge < -0.3 is 15.5 Å². The number of rotatable bonds is 8. The van der Waals surface area contributed by atoms with Crippen LogP contribution in [0.2, 0.25) is 0 Å². The van der Waals surface area contributed by atoms with E-state index in [-0.39, 0.29) is 29.9 Å². The SMILES string of the molecule is CN=C(NCCc1cccc(C(=O)N(C)C)c1)NCCC1CCN(CC(F)(F)F)CC1.I. The van der Waals surface area contributed by atoms with Crippen molar-refractivity contribution in [2.24, 2.45) is 10.9 Å². The van der Waals surface area contributed by atoms with E-state index in [1.54, 1.807) is 26.0 Å². The van der Waals surface area contributed by atoms with E-state index in [4.69, 9.17) is 0 Å². The number of halogens is 4. The Bertz CT molecular complexity index is 735. The van der Waals surface area contributed by atoms with Crippen molar-refractivity contribution in [1.29, 1.82) is 0 Å². The number of alkyl halides is 3. The number of carbonyl (C=O) groups excluding carboxylic acids is 1. The van der Waals surface area contributed by atoms with Gasteiger partial charge in [-0.25, -0.2) is 0 Å². The van der Waals surface area contributed by atoms with E-state index in [1.807, 2.05) is 24.3 Å². The van der Waals surface area contributed by atoms with Crippen LogP contribution in [0, 0.1) is 5.92 Å². The van der Waals surface area contributed by atoms with Gasteiger partial charge in [0.25, 0.3) is 5.91 Å². The third kappa shape index (κ3) is 10.4. The number of carbonyl (C=O) groups is 1. The van der Waals surface area contributed by atoms with Crippen molar-refractivity contribution in [3.63, 3.8) is 0 Å². The van der Waals surface area contributed by atoms with Crippen molar-refractivity contribution in [1.82, 2.24) is 20.4 Å². The smallest absolute Gasteiger partial charge is 0.356 e. The average Bonchev–Trinajstić information content (AvgIpc) is 2.72. The van der Waals surface area contributed by atoms with Gasteiger partial charge in [-0.2, -0.15) is 13.2 Å². The fraction of sp³-hybridized carbons (Fsp3) is 0.636. The molecule has 1 aliphatic rings. The zero-order valence-corrected chi connectivity index (χ0v) is 21.4. The Morgan fingerprint density at radius 3 is 2.44 bits per heavy atom. The Balaban J connectivity index is 0.00000512. The van der Waals surface area contributed by atoms with E-state index >= 15 is 0 Å². The molecule has 1 amide bonds. The number of guanidine groups is 1. The maximum Gasteiger partial charge on any atom is 0.401 e. The highest BCUT2D eigenvalue weighted by molar-refractivity contribution is 14.0. The molecule has 0 spiro atoms. The summed E-state index contributed by atoms with van der Waals surface area (Å²) in [5.74, 6) is 1.12. The second-order valence-corrected chi connectivity index (χ2v) is 8.20. The number of nitrogens with one attached hydrogen (secondary N) is 2. The number of hydrogen-bond donors (Lipinski definition) is 2. The number of likely N-dealkylation sites (tertiary alicyclic amines) is 1. The second kappa shape index (κ2) is 13.9. The number of benzene rings is 1. The Morgan fingerprint density at radius 1 is 1.19 bits per heavy atom. The summed E-state index contributed by atoms with van der Waals surface area (Å²) in [6.45, 7) is 1.62. The van der Waals surface area contributed by atoms with Gasteiger partial charge in [0.1, 0.15) is 0 Å². The summed E-state index contributed by atoms with van der Waals surface area (Å²) < 4.78 is 37.4. The molecule has 32 heavy (non-hydrogen) atoms. The van der Waals surface area contributed by atoms with Crippen LogP contribution in [0.3, 0.4) is 0 Å². The van der Waals surface area contributed by atoms with Gasteiger partial charge in [0, 0.05) is 39.8 Å². The van der Waals surface area contributed by atoms with E-state index < -0.39 is 12.7 Å². The molecule has 1 heterocycles. The molecule has 0 radical (unpaired) electrons. The largest absolute Gasteiger partial charge is 0.401 e. The minimum Gasteiger partial charge on any atom is -0.356 e.